The van der Waals surface area contributed by atoms with Crippen LogP contribution in [0.4, 0.5) is 10.5 Å². The summed E-state index contributed by atoms with van der Waals surface area (Å²) in [6, 6.07) is 7.46. The molecule has 2 saturated carbocycles. The molecule has 0 N–H and O–H groups in total. The Kier molecular flexibility index (Phi) is 4.46. The number of halogens is 1. The molecule has 3 aliphatic rings. The van der Waals surface area contributed by atoms with Crippen LogP contribution in [0.5, 0.6) is 0 Å². The quantitative estimate of drug-likeness (QED) is 0.748. The molecule has 4 rings (SSSR count). The first kappa shape index (κ1) is 16.9. The minimum atomic E-state index is -0.474. The molecule has 5 nitrogen and oxygen atoms in total. The van der Waals surface area contributed by atoms with Crippen molar-refractivity contribution in [1.82, 2.24) is 9.80 Å². The third kappa shape index (κ3) is 3.15. The van der Waals surface area contributed by atoms with Gasteiger partial charge in [0.15, 0.2) is 0 Å². The Morgan fingerprint density at radius 2 is 1.64 bits per heavy atom. The van der Waals surface area contributed by atoms with Crippen molar-refractivity contribution in [3.8, 4) is 0 Å². The predicted molar refractivity (Wildman–Crippen MR) is 97.6 cm³/mol. The number of anilines is 1. The third-order valence-corrected chi connectivity index (χ3v) is 5.92. The van der Waals surface area contributed by atoms with Crippen molar-refractivity contribution in [2.45, 2.75) is 63.6 Å². The number of carbonyl (C=O) groups excluding carboxylic acids is 2. The molecule has 0 unspecified atom stereocenters. The summed E-state index contributed by atoms with van der Waals surface area (Å²) < 4.78 is 0. The van der Waals surface area contributed by atoms with Crippen LogP contribution >= 0.6 is 11.6 Å². The zero-order valence-electron chi connectivity index (χ0n) is 14.5. The molecule has 1 atom stereocenters. The molecule has 2 aliphatic carbocycles. The predicted octanol–water partition coefficient (Wildman–Crippen LogP) is 3.86. The van der Waals surface area contributed by atoms with Gasteiger partial charge < -0.3 is 0 Å². The van der Waals surface area contributed by atoms with Crippen LogP contribution in [0.15, 0.2) is 24.3 Å². The molecule has 1 heterocycles. The average molecular weight is 362 g/mol. The number of benzene rings is 1. The summed E-state index contributed by atoms with van der Waals surface area (Å²) in [5.74, 6) is -0.108. The largest absolute Gasteiger partial charge is 0.333 e. The smallest absolute Gasteiger partial charge is 0.282 e. The number of urea groups is 1. The number of amides is 3. The van der Waals surface area contributed by atoms with Gasteiger partial charge in [0, 0.05) is 22.8 Å². The summed E-state index contributed by atoms with van der Waals surface area (Å²) >= 11 is 5.94. The van der Waals surface area contributed by atoms with Gasteiger partial charge in [-0.15, -0.1) is 0 Å². The monoisotopic (exact) mass is 361 g/mol. The highest BCUT2D eigenvalue weighted by Gasteiger charge is 2.46. The standard InChI is InChI=1S/C19H24ClN3O2/c1-13-18(24)22(12-21(16-10-11-16)15-4-2-3-5-15)19(25)23(13)17-8-6-14(20)7-9-17/h6-9,13,15-16H,2-5,10-12H2,1H3/t13-/m0/s1. The van der Waals surface area contributed by atoms with E-state index in [1.165, 1.54) is 43.4 Å². The van der Waals surface area contributed by atoms with Crippen LogP contribution in [0.1, 0.15) is 45.4 Å². The van der Waals surface area contributed by atoms with E-state index < -0.39 is 6.04 Å². The molecule has 134 valence electrons. The van der Waals surface area contributed by atoms with E-state index in [-0.39, 0.29) is 11.9 Å². The molecule has 3 amide bonds. The Bertz CT molecular complexity index is 668. The second kappa shape index (κ2) is 6.61. The van der Waals surface area contributed by atoms with Crippen LogP contribution in [0.25, 0.3) is 0 Å². The average Bonchev–Trinajstić information content (AvgIpc) is 3.25. The Labute approximate surface area is 153 Å². The van der Waals surface area contributed by atoms with E-state index >= 15 is 0 Å². The lowest BCUT2D eigenvalue weighted by Crippen LogP contribution is -2.47. The SMILES string of the molecule is C[C@H]1C(=O)N(CN(C2CCCC2)C2CC2)C(=O)N1c1ccc(Cl)cc1. The van der Waals surface area contributed by atoms with Gasteiger partial charge in [-0.25, -0.2) is 9.69 Å². The Hall–Kier alpha value is -1.59. The first-order valence-corrected chi connectivity index (χ1v) is 9.60. The number of hydrogen-bond acceptors (Lipinski definition) is 3. The maximum Gasteiger partial charge on any atom is 0.333 e. The fourth-order valence-corrected chi connectivity index (χ4v) is 4.25. The van der Waals surface area contributed by atoms with E-state index in [0.29, 0.717) is 23.8 Å². The summed E-state index contributed by atoms with van der Waals surface area (Å²) in [7, 11) is 0. The van der Waals surface area contributed by atoms with Crippen LogP contribution < -0.4 is 4.90 Å². The van der Waals surface area contributed by atoms with Gasteiger partial charge >= 0.3 is 6.03 Å². The van der Waals surface area contributed by atoms with Crippen molar-refractivity contribution in [1.29, 1.82) is 0 Å². The molecule has 6 heteroatoms. The molecule has 3 fully saturated rings. The van der Waals surface area contributed by atoms with E-state index in [1.807, 2.05) is 0 Å². The molecular formula is C19H24ClN3O2. The third-order valence-electron chi connectivity index (χ3n) is 5.67. The first-order chi connectivity index (χ1) is 12.1. The Balaban J connectivity index is 1.54. The van der Waals surface area contributed by atoms with Crippen molar-refractivity contribution in [3.05, 3.63) is 29.3 Å². The number of nitrogens with zero attached hydrogens (tertiary/aromatic N) is 3. The van der Waals surface area contributed by atoms with Crippen LogP contribution in [0, 0.1) is 0 Å². The normalized spacial score (nSPS) is 24.8. The zero-order valence-corrected chi connectivity index (χ0v) is 15.3. The number of rotatable bonds is 5. The van der Waals surface area contributed by atoms with Crippen molar-refractivity contribution in [2.75, 3.05) is 11.6 Å². The van der Waals surface area contributed by atoms with E-state index in [4.69, 9.17) is 11.6 Å². The van der Waals surface area contributed by atoms with Gasteiger partial charge in [-0.3, -0.25) is 14.6 Å². The molecule has 0 aromatic heterocycles. The summed E-state index contributed by atoms with van der Waals surface area (Å²) in [6.45, 7) is 2.23. The van der Waals surface area contributed by atoms with Crippen molar-refractivity contribution < 1.29 is 9.59 Å². The number of hydrogen-bond donors (Lipinski definition) is 0. The van der Waals surface area contributed by atoms with Gasteiger partial charge in [-0.1, -0.05) is 24.4 Å². The molecule has 0 bridgehead atoms. The fourth-order valence-electron chi connectivity index (χ4n) is 4.13. The molecule has 1 saturated heterocycles. The van der Waals surface area contributed by atoms with Crippen molar-refractivity contribution >= 4 is 29.2 Å². The van der Waals surface area contributed by atoms with Gasteiger partial charge in [0.2, 0.25) is 0 Å². The van der Waals surface area contributed by atoms with E-state index in [1.54, 1.807) is 36.1 Å². The van der Waals surface area contributed by atoms with E-state index in [0.717, 1.165) is 5.69 Å². The van der Waals surface area contributed by atoms with Gasteiger partial charge in [-0.05, 0) is 56.9 Å². The molecular weight excluding hydrogens is 338 g/mol. The van der Waals surface area contributed by atoms with Crippen molar-refractivity contribution in [3.63, 3.8) is 0 Å². The highest BCUT2D eigenvalue weighted by molar-refractivity contribution is 6.30. The second-order valence-electron chi connectivity index (χ2n) is 7.40. The number of carbonyl (C=O) groups is 2. The lowest BCUT2D eigenvalue weighted by Gasteiger charge is -2.31. The summed E-state index contributed by atoms with van der Waals surface area (Å²) in [6.07, 6.45) is 7.24. The van der Waals surface area contributed by atoms with Gasteiger partial charge in [0.1, 0.15) is 6.04 Å². The molecule has 1 aliphatic heterocycles. The maximum absolute atomic E-state index is 13.0. The van der Waals surface area contributed by atoms with Gasteiger partial charge in [0.05, 0.1) is 6.67 Å². The van der Waals surface area contributed by atoms with Crippen LogP contribution in [-0.4, -0.2) is 46.5 Å². The molecule has 0 radical (unpaired) electrons. The Morgan fingerprint density at radius 1 is 1.04 bits per heavy atom. The summed E-state index contributed by atoms with van der Waals surface area (Å²) in [5, 5.41) is 0.618. The van der Waals surface area contributed by atoms with Crippen molar-refractivity contribution in [2.24, 2.45) is 0 Å². The molecule has 0 spiro atoms. The first-order valence-electron chi connectivity index (χ1n) is 9.22. The second-order valence-corrected chi connectivity index (χ2v) is 7.83. The molecule has 1 aromatic carbocycles. The fraction of sp³-hybridized carbons (Fsp3) is 0.579. The van der Waals surface area contributed by atoms with Crippen LogP contribution in [-0.2, 0) is 4.79 Å². The summed E-state index contributed by atoms with van der Waals surface area (Å²) in [4.78, 5) is 31.2. The molecule has 25 heavy (non-hydrogen) atoms. The lowest BCUT2D eigenvalue weighted by molar-refractivity contribution is -0.128. The van der Waals surface area contributed by atoms with Gasteiger partial charge in [0.25, 0.3) is 5.91 Å². The minimum absolute atomic E-state index is 0.108. The highest BCUT2D eigenvalue weighted by Crippen LogP contribution is 2.36. The minimum Gasteiger partial charge on any atom is -0.282 e. The van der Waals surface area contributed by atoms with E-state index in [2.05, 4.69) is 4.90 Å². The van der Waals surface area contributed by atoms with E-state index in [9.17, 15) is 9.59 Å². The van der Waals surface area contributed by atoms with Gasteiger partial charge in [-0.2, -0.15) is 0 Å². The molecule has 1 aromatic rings. The maximum atomic E-state index is 13.0. The van der Waals surface area contributed by atoms with Crippen LogP contribution in [0.3, 0.4) is 0 Å². The Morgan fingerprint density at radius 3 is 2.24 bits per heavy atom. The topological polar surface area (TPSA) is 43.9 Å². The summed E-state index contributed by atoms with van der Waals surface area (Å²) in [5.41, 5.74) is 0.719. The zero-order chi connectivity index (χ0) is 17.6. The highest BCUT2D eigenvalue weighted by atomic mass is 35.5. The lowest BCUT2D eigenvalue weighted by atomic mass is 10.2. The van der Waals surface area contributed by atoms with Crippen LogP contribution in [0.2, 0.25) is 5.02 Å². The number of imide groups is 1.